The fraction of sp³-hybridized carbons (Fsp3) is 0.0526. The Bertz CT molecular complexity index is 961. The largest absolute Gasteiger partial charge is 0.506 e. The summed E-state index contributed by atoms with van der Waals surface area (Å²) in [6.07, 6.45) is 1.50. The van der Waals surface area contributed by atoms with Gasteiger partial charge >= 0.3 is 0 Å². The summed E-state index contributed by atoms with van der Waals surface area (Å²) in [4.78, 5) is 12.0. The lowest BCUT2D eigenvalue weighted by Crippen LogP contribution is -2.25. The molecular weight excluding hydrogens is 462 g/mol. The van der Waals surface area contributed by atoms with E-state index < -0.39 is 0 Å². The van der Waals surface area contributed by atoms with Crippen LogP contribution in [0.3, 0.4) is 0 Å². The molecule has 132 valence electrons. The van der Waals surface area contributed by atoms with Gasteiger partial charge in [-0.05, 0) is 61.0 Å². The van der Waals surface area contributed by atoms with E-state index >= 15 is 0 Å². The van der Waals surface area contributed by atoms with Crippen LogP contribution in [0.15, 0.2) is 68.6 Å². The molecule has 1 amide bonds. The number of nitrogens with zero attached hydrogens (tertiary/aromatic N) is 1. The zero-order chi connectivity index (χ0) is 18.5. The molecule has 0 fully saturated rings. The number of rotatable bonds is 5. The first-order valence-electron chi connectivity index (χ1n) is 7.76. The van der Waals surface area contributed by atoms with Gasteiger partial charge in [-0.15, -0.1) is 0 Å². The molecule has 0 bridgehead atoms. The molecule has 0 heterocycles. The molecule has 3 N–H and O–H groups in total. The molecule has 3 rings (SSSR count). The van der Waals surface area contributed by atoms with Gasteiger partial charge in [0.25, 0.3) is 5.91 Å². The molecule has 0 aliphatic carbocycles. The fourth-order valence-electron chi connectivity index (χ4n) is 2.43. The maximum atomic E-state index is 12.0. The fourth-order valence-corrected chi connectivity index (χ4v) is 3.65. The minimum Gasteiger partial charge on any atom is -0.506 e. The normalized spacial score (nSPS) is 11.0. The summed E-state index contributed by atoms with van der Waals surface area (Å²) >= 11 is 6.50. The lowest BCUT2D eigenvalue weighted by atomic mass is 10.1. The highest BCUT2D eigenvalue weighted by Crippen LogP contribution is 2.32. The zero-order valence-corrected chi connectivity index (χ0v) is 16.7. The van der Waals surface area contributed by atoms with Gasteiger partial charge in [-0.25, -0.2) is 5.43 Å². The van der Waals surface area contributed by atoms with Crippen LogP contribution in [0.4, 0.5) is 5.69 Å². The number of hydrogen-bond acceptors (Lipinski definition) is 4. The summed E-state index contributed by atoms with van der Waals surface area (Å²) < 4.78 is 1.08. The van der Waals surface area contributed by atoms with Gasteiger partial charge in [-0.2, -0.15) is 5.10 Å². The number of benzene rings is 3. The van der Waals surface area contributed by atoms with Gasteiger partial charge in [0, 0.05) is 11.1 Å². The van der Waals surface area contributed by atoms with Crippen LogP contribution in [-0.4, -0.2) is 23.8 Å². The highest BCUT2D eigenvalue weighted by Gasteiger charge is 2.05. The second-order valence-electron chi connectivity index (χ2n) is 5.51. The number of phenolic OH excluding ortho intramolecular Hbond substituents is 1. The summed E-state index contributed by atoms with van der Waals surface area (Å²) in [6.45, 7) is 0.105. The van der Waals surface area contributed by atoms with E-state index in [4.69, 9.17) is 0 Å². The van der Waals surface area contributed by atoms with Gasteiger partial charge in [-0.3, -0.25) is 4.79 Å². The third kappa shape index (κ3) is 4.42. The molecule has 0 spiro atoms. The van der Waals surface area contributed by atoms with Crippen molar-refractivity contribution in [2.75, 3.05) is 11.9 Å². The van der Waals surface area contributed by atoms with Crippen molar-refractivity contribution in [1.29, 1.82) is 0 Å². The van der Waals surface area contributed by atoms with Crippen molar-refractivity contribution in [3.63, 3.8) is 0 Å². The first kappa shape index (κ1) is 18.4. The molecular formula is C19H15Br2N3O2. The summed E-state index contributed by atoms with van der Waals surface area (Å²) in [5.41, 5.74) is 4.10. The number of fused-ring (bicyclic) bond motifs is 1. The first-order chi connectivity index (χ1) is 12.5. The second kappa shape index (κ2) is 8.33. The number of hydrogen-bond donors (Lipinski definition) is 3. The molecule has 3 aromatic rings. The molecule has 0 saturated carbocycles. The monoisotopic (exact) mass is 475 g/mol. The summed E-state index contributed by atoms with van der Waals surface area (Å²) in [5, 5.41) is 18.9. The Balaban J connectivity index is 1.59. The molecule has 3 aromatic carbocycles. The van der Waals surface area contributed by atoms with Crippen LogP contribution >= 0.6 is 31.9 Å². The van der Waals surface area contributed by atoms with Crippen LogP contribution in [0.25, 0.3) is 10.8 Å². The summed E-state index contributed by atoms with van der Waals surface area (Å²) in [6, 6.07) is 17.3. The number of nitrogens with one attached hydrogen (secondary N) is 2. The van der Waals surface area contributed by atoms with Crippen molar-refractivity contribution in [2.45, 2.75) is 0 Å². The molecule has 0 radical (unpaired) electrons. The lowest BCUT2D eigenvalue weighted by Gasteiger charge is -2.08. The average Bonchev–Trinajstić information content (AvgIpc) is 2.64. The van der Waals surface area contributed by atoms with Gasteiger partial charge < -0.3 is 10.4 Å². The molecule has 0 unspecified atom stereocenters. The van der Waals surface area contributed by atoms with Crippen LogP contribution in [0.2, 0.25) is 0 Å². The van der Waals surface area contributed by atoms with Crippen LogP contribution in [0.1, 0.15) is 5.56 Å². The van der Waals surface area contributed by atoms with Crippen LogP contribution in [-0.2, 0) is 4.79 Å². The van der Waals surface area contributed by atoms with E-state index in [1.807, 2.05) is 42.5 Å². The van der Waals surface area contributed by atoms with Crippen LogP contribution < -0.4 is 10.7 Å². The highest BCUT2D eigenvalue weighted by atomic mass is 79.9. The predicted molar refractivity (Wildman–Crippen MR) is 112 cm³/mol. The standard InChI is InChI=1S/C19H15Br2N3O2/c20-15-8-12(9-16(21)19(15)26)10-23-24-18(25)11-22-17-7-3-5-13-4-1-2-6-14(13)17/h1-10,22,26H,11H2,(H,24,25)/b23-10+. The van der Waals surface area contributed by atoms with Crippen molar-refractivity contribution in [2.24, 2.45) is 5.10 Å². The number of carbonyl (C=O) groups is 1. The number of aromatic hydroxyl groups is 1. The van der Waals surface area contributed by atoms with Crippen molar-refractivity contribution in [3.8, 4) is 5.75 Å². The van der Waals surface area contributed by atoms with E-state index in [1.54, 1.807) is 12.1 Å². The van der Waals surface area contributed by atoms with Crippen LogP contribution in [0, 0.1) is 0 Å². The van der Waals surface area contributed by atoms with E-state index in [2.05, 4.69) is 47.7 Å². The van der Waals surface area contributed by atoms with Gasteiger partial charge in [0.15, 0.2) is 0 Å². The number of anilines is 1. The Labute approximate surface area is 167 Å². The smallest absolute Gasteiger partial charge is 0.259 e. The first-order valence-corrected chi connectivity index (χ1v) is 9.35. The van der Waals surface area contributed by atoms with E-state index in [-0.39, 0.29) is 18.2 Å². The Hall–Kier alpha value is -2.38. The lowest BCUT2D eigenvalue weighted by molar-refractivity contribution is -0.119. The molecule has 0 aromatic heterocycles. The summed E-state index contributed by atoms with van der Waals surface area (Å²) in [5.74, 6) is -0.142. The third-order valence-corrected chi connectivity index (χ3v) is 4.88. The van der Waals surface area contributed by atoms with Crippen molar-refractivity contribution in [3.05, 3.63) is 69.1 Å². The molecule has 0 aliphatic rings. The Morgan fingerprint density at radius 2 is 1.77 bits per heavy atom. The van der Waals surface area contributed by atoms with E-state index in [1.165, 1.54) is 6.21 Å². The average molecular weight is 477 g/mol. The van der Waals surface area contributed by atoms with Crippen molar-refractivity contribution < 1.29 is 9.90 Å². The van der Waals surface area contributed by atoms with E-state index in [0.717, 1.165) is 22.0 Å². The second-order valence-corrected chi connectivity index (χ2v) is 7.22. The minimum absolute atomic E-state index is 0.105. The van der Waals surface area contributed by atoms with Crippen molar-refractivity contribution >= 4 is 60.4 Å². The molecule has 0 aliphatic heterocycles. The molecule has 0 saturated heterocycles. The molecule has 5 nitrogen and oxygen atoms in total. The van der Waals surface area contributed by atoms with Gasteiger partial charge in [0.2, 0.25) is 0 Å². The number of hydrazone groups is 1. The number of carbonyl (C=O) groups excluding carboxylic acids is 1. The quantitative estimate of drug-likeness (QED) is 0.371. The number of amides is 1. The van der Waals surface area contributed by atoms with E-state index in [9.17, 15) is 9.90 Å². The summed E-state index contributed by atoms with van der Waals surface area (Å²) in [7, 11) is 0. The topological polar surface area (TPSA) is 73.7 Å². The van der Waals surface area contributed by atoms with Gasteiger partial charge in [0.05, 0.1) is 21.7 Å². The Morgan fingerprint density at radius 1 is 1.08 bits per heavy atom. The Kier molecular flexibility index (Phi) is 5.90. The molecule has 26 heavy (non-hydrogen) atoms. The predicted octanol–water partition coefficient (Wildman–Crippen LogP) is 4.63. The molecule has 0 atom stereocenters. The number of phenols is 1. The maximum Gasteiger partial charge on any atom is 0.259 e. The number of halogens is 2. The van der Waals surface area contributed by atoms with Gasteiger partial charge in [-0.1, -0.05) is 36.4 Å². The third-order valence-electron chi connectivity index (χ3n) is 3.67. The SMILES string of the molecule is O=C(CNc1cccc2ccccc12)N/N=C/c1cc(Br)c(O)c(Br)c1. The Morgan fingerprint density at radius 3 is 2.54 bits per heavy atom. The maximum absolute atomic E-state index is 12.0. The van der Waals surface area contributed by atoms with Crippen LogP contribution in [0.5, 0.6) is 5.75 Å². The van der Waals surface area contributed by atoms with E-state index in [0.29, 0.717) is 8.95 Å². The van der Waals surface area contributed by atoms with Gasteiger partial charge in [0.1, 0.15) is 5.75 Å². The zero-order valence-electron chi connectivity index (χ0n) is 13.5. The molecule has 7 heteroatoms. The van der Waals surface area contributed by atoms with Crippen molar-refractivity contribution in [1.82, 2.24) is 5.43 Å². The highest BCUT2D eigenvalue weighted by molar-refractivity contribution is 9.11. The minimum atomic E-state index is -0.258.